The Bertz CT molecular complexity index is 570. The van der Waals surface area contributed by atoms with Gasteiger partial charge in [0, 0.05) is 17.8 Å². The molecule has 1 saturated heterocycles. The highest BCUT2D eigenvalue weighted by Gasteiger charge is 2.31. The zero-order valence-electron chi connectivity index (χ0n) is 13.5. The highest BCUT2D eigenvalue weighted by molar-refractivity contribution is 5.95. The zero-order chi connectivity index (χ0) is 16.2. The normalized spacial score (nSPS) is 24.7. The van der Waals surface area contributed by atoms with Crippen LogP contribution in [0.5, 0.6) is 0 Å². The number of likely N-dealkylation sites (tertiary alicyclic amines) is 1. The molecule has 23 heavy (non-hydrogen) atoms. The minimum atomic E-state index is -0.460. The van der Waals surface area contributed by atoms with Crippen molar-refractivity contribution in [3.63, 3.8) is 0 Å². The maximum absolute atomic E-state index is 12.2. The first-order chi connectivity index (χ1) is 11.1. The Labute approximate surface area is 137 Å². The van der Waals surface area contributed by atoms with E-state index in [9.17, 15) is 9.59 Å². The molecule has 0 bridgehead atoms. The molecule has 1 heterocycles. The number of amides is 2. The van der Waals surface area contributed by atoms with Crippen LogP contribution in [0, 0.1) is 11.8 Å². The number of nitrogens with one attached hydrogen (secondary N) is 1. The van der Waals surface area contributed by atoms with Gasteiger partial charge >= 0.3 is 0 Å². The Kier molecular flexibility index (Phi) is 4.96. The topological polar surface area (TPSA) is 75.4 Å². The number of hydrogen-bond acceptors (Lipinski definition) is 3. The van der Waals surface area contributed by atoms with Crippen molar-refractivity contribution >= 4 is 17.5 Å². The number of rotatable bonds is 4. The van der Waals surface area contributed by atoms with E-state index in [1.165, 1.54) is 32.1 Å². The molecule has 3 N–H and O–H groups in total. The van der Waals surface area contributed by atoms with Gasteiger partial charge in [-0.3, -0.25) is 14.5 Å². The summed E-state index contributed by atoms with van der Waals surface area (Å²) in [6.07, 6.45) is 6.63. The first-order valence-corrected chi connectivity index (χ1v) is 8.54. The van der Waals surface area contributed by atoms with Gasteiger partial charge in [0.05, 0.1) is 6.54 Å². The average molecular weight is 315 g/mol. The van der Waals surface area contributed by atoms with Crippen molar-refractivity contribution in [3.8, 4) is 0 Å². The second-order valence-electron chi connectivity index (χ2n) is 6.82. The van der Waals surface area contributed by atoms with Crippen LogP contribution in [0.25, 0.3) is 0 Å². The van der Waals surface area contributed by atoms with Gasteiger partial charge in [0.2, 0.25) is 11.8 Å². The summed E-state index contributed by atoms with van der Waals surface area (Å²) in [5, 5.41) is 2.89. The fraction of sp³-hybridized carbons (Fsp3) is 0.556. The molecule has 1 saturated carbocycles. The number of fused-ring (bicyclic) bond motifs is 1. The van der Waals surface area contributed by atoms with Crippen LogP contribution in [0.3, 0.4) is 0 Å². The summed E-state index contributed by atoms with van der Waals surface area (Å²) in [4.78, 5) is 25.5. The van der Waals surface area contributed by atoms with Gasteiger partial charge < -0.3 is 11.1 Å². The standard InChI is InChI=1S/C18H25N3O2/c19-18(23)14-5-7-16(8-6-14)20-17(22)12-21-10-9-13-3-1-2-4-15(13)11-21/h5-8,13,15H,1-4,9-12H2,(H2,19,23)(H,20,22)/t13-,15+/m0/s1. The second kappa shape index (κ2) is 7.13. The molecule has 1 aromatic rings. The summed E-state index contributed by atoms with van der Waals surface area (Å²) in [5.41, 5.74) is 6.36. The minimum absolute atomic E-state index is 0.00563. The van der Waals surface area contributed by atoms with Crippen molar-refractivity contribution in [2.75, 3.05) is 25.0 Å². The van der Waals surface area contributed by atoms with Crippen LogP contribution in [-0.2, 0) is 4.79 Å². The van der Waals surface area contributed by atoms with Crippen LogP contribution in [0.15, 0.2) is 24.3 Å². The number of benzene rings is 1. The van der Waals surface area contributed by atoms with Crippen LogP contribution in [0.4, 0.5) is 5.69 Å². The number of carbonyl (C=O) groups is 2. The van der Waals surface area contributed by atoms with E-state index in [1.54, 1.807) is 24.3 Å². The maximum atomic E-state index is 12.2. The third-order valence-corrected chi connectivity index (χ3v) is 5.20. The molecular weight excluding hydrogens is 290 g/mol. The molecule has 3 rings (SSSR count). The molecule has 2 aliphatic rings. The number of carbonyl (C=O) groups excluding carboxylic acids is 2. The molecule has 0 aromatic heterocycles. The van der Waals surface area contributed by atoms with Gasteiger partial charge in [-0.15, -0.1) is 0 Å². The fourth-order valence-corrected chi connectivity index (χ4v) is 3.94. The Balaban J connectivity index is 1.50. The smallest absolute Gasteiger partial charge is 0.248 e. The van der Waals surface area contributed by atoms with E-state index in [4.69, 9.17) is 5.73 Å². The molecule has 0 unspecified atom stereocenters. The molecular formula is C18H25N3O2. The molecule has 1 aromatic carbocycles. The first-order valence-electron chi connectivity index (χ1n) is 8.54. The SMILES string of the molecule is NC(=O)c1ccc(NC(=O)CN2CC[C@@H]3CCCC[C@@H]3C2)cc1. The molecule has 0 spiro atoms. The Morgan fingerprint density at radius 1 is 1.09 bits per heavy atom. The predicted molar refractivity (Wildman–Crippen MR) is 90.1 cm³/mol. The lowest BCUT2D eigenvalue weighted by atomic mass is 9.75. The zero-order valence-corrected chi connectivity index (χ0v) is 13.5. The van der Waals surface area contributed by atoms with Crippen molar-refractivity contribution in [2.24, 2.45) is 17.6 Å². The van der Waals surface area contributed by atoms with Crippen LogP contribution in [0.2, 0.25) is 0 Å². The van der Waals surface area contributed by atoms with Gasteiger partial charge in [0.25, 0.3) is 0 Å². The molecule has 2 amide bonds. The Morgan fingerprint density at radius 2 is 1.78 bits per heavy atom. The maximum Gasteiger partial charge on any atom is 0.248 e. The monoisotopic (exact) mass is 315 g/mol. The molecule has 0 radical (unpaired) electrons. The highest BCUT2D eigenvalue weighted by Crippen LogP contribution is 2.35. The minimum Gasteiger partial charge on any atom is -0.366 e. The predicted octanol–water partition coefficient (Wildman–Crippen LogP) is 2.24. The van der Waals surface area contributed by atoms with E-state index in [0.29, 0.717) is 17.8 Å². The molecule has 5 nitrogen and oxygen atoms in total. The Morgan fingerprint density at radius 3 is 2.48 bits per heavy atom. The van der Waals surface area contributed by atoms with E-state index in [1.807, 2.05) is 0 Å². The summed E-state index contributed by atoms with van der Waals surface area (Å²) in [7, 11) is 0. The summed E-state index contributed by atoms with van der Waals surface area (Å²) in [6.45, 7) is 2.52. The lowest BCUT2D eigenvalue weighted by molar-refractivity contribution is -0.118. The van der Waals surface area contributed by atoms with E-state index in [0.717, 1.165) is 24.9 Å². The first kappa shape index (κ1) is 16.0. The van der Waals surface area contributed by atoms with E-state index >= 15 is 0 Å². The van der Waals surface area contributed by atoms with Crippen LogP contribution < -0.4 is 11.1 Å². The third-order valence-electron chi connectivity index (χ3n) is 5.20. The van der Waals surface area contributed by atoms with Gasteiger partial charge in [-0.2, -0.15) is 0 Å². The van der Waals surface area contributed by atoms with E-state index in [-0.39, 0.29) is 5.91 Å². The van der Waals surface area contributed by atoms with Gasteiger partial charge in [0.15, 0.2) is 0 Å². The Hall–Kier alpha value is -1.88. The molecule has 1 aliphatic carbocycles. The number of nitrogens with two attached hydrogens (primary N) is 1. The van der Waals surface area contributed by atoms with Crippen molar-refractivity contribution in [3.05, 3.63) is 29.8 Å². The summed E-state index contributed by atoms with van der Waals surface area (Å²) in [6, 6.07) is 6.69. The summed E-state index contributed by atoms with van der Waals surface area (Å²) in [5.74, 6) is 1.20. The largest absolute Gasteiger partial charge is 0.366 e. The van der Waals surface area contributed by atoms with Crippen LogP contribution >= 0.6 is 0 Å². The average Bonchev–Trinajstić information content (AvgIpc) is 2.55. The molecule has 2 atom stereocenters. The van der Waals surface area contributed by atoms with Crippen molar-refractivity contribution in [1.82, 2.24) is 4.90 Å². The van der Waals surface area contributed by atoms with Crippen molar-refractivity contribution in [1.29, 1.82) is 0 Å². The lowest BCUT2D eigenvalue weighted by Gasteiger charge is -2.41. The van der Waals surface area contributed by atoms with Gasteiger partial charge in [-0.05, 0) is 55.5 Å². The second-order valence-corrected chi connectivity index (χ2v) is 6.82. The van der Waals surface area contributed by atoms with Gasteiger partial charge in [-0.25, -0.2) is 0 Å². The summed E-state index contributed by atoms with van der Waals surface area (Å²) < 4.78 is 0. The number of piperidine rings is 1. The van der Waals surface area contributed by atoms with Crippen molar-refractivity contribution in [2.45, 2.75) is 32.1 Å². The quantitative estimate of drug-likeness (QED) is 0.894. The fourth-order valence-electron chi connectivity index (χ4n) is 3.94. The van der Waals surface area contributed by atoms with Crippen molar-refractivity contribution < 1.29 is 9.59 Å². The van der Waals surface area contributed by atoms with E-state index < -0.39 is 5.91 Å². The van der Waals surface area contributed by atoms with Crippen LogP contribution in [-0.4, -0.2) is 36.3 Å². The third kappa shape index (κ3) is 4.10. The highest BCUT2D eigenvalue weighted by atomic mass is 16.2. The molecule has 2 fully saturated rings. The number of primary amides is 1. The number of hydrogen-bond donors (Lipinski definition) is 2. The van der Waals surface area contributed by atoms with Gasteiger partial charge in [-0.1, -0.05) is 19.3 Å². The molecule has 1 aliphatic heterocycles. The van der Waals surface area contributed by atoms with Crippen LogP contribution in [0.1, 0.15) is 42.5 Å². The summed E-state index contributed by atoms with van der Waals surface area (Å²) >= 11 is 0. The number of anilines is 1. The molecule has 5 heteroatoms. The lowest BCUT2D eigenvalue weighted by Crippen LogP contribution is -2.44. The number of nitrogens with zero attached hydrogens (tertiary/aromatic N) is 1. The van der Waals surface area contributed by atoms with Gasteiger partial charge in [0.1, 0.15) is 0 Å². The van der Waals surface area contributed by atoms with E-state index in [2.05, 4.69) is 10.2 Å². The molecule has 124 valence electrons.